The summed E-state index contributed by atoms with van der Waals surface area (Å²) in [4.78, 5) is 16.4. The van der Waals surface area contributed by atoms with Gasteiger partial charge in [0, 0.05) is 11.3 Å². The number of aromatic nitrogens is 3. The summed E-state index contributed by atoms with van der Waals surface area (Å²) in [7, 11) is 0. The minimum atomic E-state index is -0.0749. The number of nitrogens with one attached hydrogen (secondary N) is 3. The van der Waals surface area contributed by atoms with Gasteiger partial charge >= 0.3 is 0 Å². The fourth-order valence-electron chi connectivity index (χ4n) is 2.48. The third-order valence-electron chi connectivity index (χ3n) is 3.63. The smallest absolute Gasteiger partial charge is 0.241 e. The number of nitrogens with zero attached hydrogens (tertiary/aromatic N) is 2. The van der Waals surface area contributed by atoms with Gasteiger partial charge in [-0.1, -0.05) is 6.42 Å². The number of carbonyl (C=O) groups excluding carboxylic acids is 1. The Kier molecular flexibility index (Phi) is 5.51. The van der Waals surface area contributed by atoms with E-state index in [2.05, 4.69) is 25.8 Å². The molecule has 1 unspecified atom stereocenters. The maximum Gasteiger partial charge on any atom is 0.241 e. The number of hydrogen-bond acceptors (Lipinski definition) is 4. The standard InChI is InChI=1S/C15H19N5O.ClH/c1-10-17-14(20-19-10)11-5-7-12(8-6-11)18-15(21)13-4-2-3-9-16-13;/h5-8,13,16H,2-4,9H2,1H3,(H,18,21)(H,17,19,20);1H. The highest BCUT2D eigenvalue weighted by Gasteiger charge is 2.20. The normalized spacial score (nSPS) is 17.6. The summed E-state index contributed by atoms with van der Waals surface area (Å²) in [6.07, 6.45) is 3.16. The molecule has 1 saturated heterocycles. The van der Waals surface area contributed by atoms with Crippen LogP contribution in [0, 0.1) is 6.92 Å². The molecule has 0 aliphatic carbocycles. The van der Waals surface area contributed by atoms with Crippen LogP contribution in [0.15, 0.2) is 24.3 Å². The van der Waals surface area contributed by atoms with Crippen LogP contribution in [0.3, 0.4) is 0 Å². The first-order chi connectivity index (χ1) is 10.2. The Morgan fingerprint density at radius 1 is 1.27 bits per heavy atom. The lowest BCUT2D eigenvalue weighted by Crippen LogP contribution is -2.43. The Balaban J connectivity index is 0.00000176. The first-order valence-electron chi connectivity index (χ1n) is 7.26. The van der Waals surface area contributed by atoms with Crippen molar-refractivity contribution in [2.24, 2.45) is 0 Å². The number of anilines is 1. The molecule has 7 heteroatoms. The fourth-order valence-corrected chi connectivity index (χ4v) is 2.48. The molecule has 0 spiro atoms. The first kappa shape index (κ1) is 16.5. The molecule has 2 aromatic rings. The Hall–Kier alpha value is -1.92. The van der Waals surface area contributed by atoms with Crippen molar-refractivity contribution in [1.82, 2.24) is 20.5 Å². The predicted molar refractivity (Wildman–Crippen MR) is 88.1 cm³/mol. The van der Waals surface area contributed by atoms with Crippen molar-refractivity contribution in [2.75, 3.05) is 11.9 Å². The van der Waals surface area contributed by atoms with Crippen LogP contribution in [0.5, 0.6) is 0 Å². The molecule has 22 heavy (non-hydrogen) atoms. The van der Waals surface area contributed by atoms with Gasteiger partial charge in [-0.05, 0) is 50.6 Å². The third-order valence-corrected chi connectivity index (χ3v) is 3.63. The summed E-state index contributed by atoms with van der Waals surface area (Å²) < 4.78 is 0. The van der Waals surface area contributed by atoms with E-state index in [1.165, 1.54) is 0 Å². The summed E-state index contributed by atoms with van der Waals surface area (Å²) in [5.41, 5.74) is 1.72. The molecule has 1 atom stereocenters. The van der Waals surface area contributed by atoms with E-state index in [4.69, 9.17) is 0 Å². The SMILES string of the molecule is Cc1nc(-c2ccc(NC(=O)C3CCCCN3)cc2)n[nH]1.Cl. The lowest BCUT2D eigenvalue weighted by atomic mass is 10.0. The van der Waals surface area contributed by atoms with Crippen LogP contribution >= 0.6 is 12.4 Å². The predicted octanol–water partition coefficient (Wildman–Crippen LogP) is 2.28. The van der Waals surface area contributed by atoms with E-state index in [-0.39, 0.29) is 24.4 Å². The first-order valence-corrected chi connectivity index (χ1v) is 7.26. The van der Waals surface area contributed by atoms with Crippen LogP contribution in [0.1, 0.15) is 25.1 Å². The second-order valence-electron chi connectivity index (χ2n) is 5.31. The average Bonchev–Trinajstić information content (AvgIpc) is 2.95. The van der Waals surface area contributed by atoms with Gasteiger partial charge in [-0.25, -0.2) is 4.98 Å². The number of rotatable bonds is 3. The second-order valence-corrected chi connectivity index (χ2v) is 5.31. The van der Waals surface area contributed by atoms with E-state index in [1.807, 2.05) is 31.2 Å². The largest absolute Gasteiger partial charge is 0.325 e. The van der Waals surface area contributed by atoms with Crippen LogP contribution in [-0.2, 0) is 4.79 Å². The Labute approximate surface area is 135 Å². The zero-order valence-corrected chi connectivity index (χ0v) is 13.2. The summed E-state index contributed by atoms with van der Waals surface area (Å²) in [6.45, 7) is 2.78. The summed E-state index contributed by atoms with van der Waals surface area (Å²) >= 11 is 0. The molecule has 1 aromatic heterocycles. The van der Waals surface area contributed by atoms with Crippen molar-refractivity contribution >= 4 is 24.0 Å². The molecule has 118 valence electrons. The maximum absolute atomic E-state index is 12.1. The summed E-state index contributed by atoms with van der Waals surface area (Å²) in [6, 6.07) is 7.50. The van der Waals surface area contributed by atoms with Crippen LogP contribution in [-0.4, -0.2) is 33.7 Å². The molecule has 0 radical (unpaired) electrons. The quantitative estimate of drug-likeness (QED) is 0.810. The minimum Gasteiger partial charge on any atom is -0.325 e. The highest BCUT2D eigenvalue weighted by atomic mass is 35.5. The highest BCUT2D eigenvalue weighted by molar-refractivity contribution is 5.95. The maximum atomic E-state index is 12.1. The number of aryl methyl sites for hydroxylation is 1. The molecule has 1 aliphatic rings. The Bertz CT molecular complexity index is 619. The molecule has 3 N–H and O–H groups in total. The Morgan fingerprint density at radius 2 is 2.05 bits per heavy atom. The topological polar surface area (TPSA) is 82.7 Å². The molecule has 1 fully saturated rings. The van der Waals surface area contributed by atoms with Crippen molar-refractivity contribution in [3.05, 3.63) is 30.1 Å². The molecular formula is C15H20ClN5O. The van der Waals surface area contributed by atoms with Gasteiger partial charge in [-0.15, -0.1) is 12.4 Å². The van der Waals surface area contributed by atoms with Crippen molar-refractivity contribution in [1.29, 1.82) is 0 Å². The fraction of sp³-hybridized carbons (Fsp3) is 0.400. The highest BCUT2D eigenvalue weighted by Crippen LogP contribution is 2.18. The van der Waals surface area contributed by atoms with Crippen LogP contribution < -0.4 is 10.6 Å². The van der Waals surface area contributed by atoms with Gasteiger partial charge in [0.15, 0.2) is 5.82 Å². The van der Waals surface area contributed by atoms with E-state index in [1.54, 1.807) is 0 Å². The number of halogens is 1. The number of aromatic amines is 1. The third kappa shape index (κ3) is 3.84. The number of carbonyl (C=O) groups is 1. The Morgan fingerprint density at radius 3 is 2.64 bits per heavy atom. The van der Waals surface area contributed by atoms with Gasteiger partial charge in [0.05, 0.1) is 6.04 Å². The van der Waals surface area contributed by atoms with Gasteiger partial charge in [-0.3, -0.25) is 9.89 Å². The number of hydrogen-bond donors (Lipinski definition) is 3. The van der Waals surface area contributed by atoms with Gasteiger partial charge < -0.3 is 10.6 Å². The molecule has 1 aliphatic heterocycles. The zero-order chi connectivity index (χ0) is 14.7. The van der Waals surface area contributed by atoms with Crippen molar-refractivity contribution < 1.29 is 4.79 Å². The van der Waals surface area contributed by atoms with Crippen LogP contribution in [0.2, 0.25) is 0 Å². The van der Waals surface area contributed by atoms with Gasteiger partial charge in [-0.2, -0.15) is 5.10 Å². The van der Waals surface area contributed by atoms with Crippen molar-refractivity contribution in [2.45, 2.75) is 32.2 Å². The van der Waals surface area contributed by atoms with E-state index >= 15 is 0 Å². The number of benzene rings is 1. The molecule has 0 bridgehead atoms. The van der Waals surface area contributed by atoms with Crippen molar-refractivity contribution in [3.8, 4) is 11.4 Å². The minimum absolute atomic E-state index is 0. The lowest BCUT2D eigenvalue weighted by molar-refractivity contribution is -0.118. The van der Waals surface area contributed by atoms with Gasteiger partial charge in [0.25, 0.3) is 0 Å². The van der Waals surface area contributed by atoms with Gasteiger partial charge in [0.1, 0.15) is 5.82 Å². The van der Waals surface area contributed by atoms with E-state index in [0.29, 0.717) is 5.82 Å². The molecule has 6 nitrogen and oxygen atoms in total. The monoisotopic (exact) mass is 321 g/mol. The molecular weight excluding hydrogens is 302 g/mol. The summed E-state index contributed by atoms with van der Waals surface area (Å²) in [5, 5.41) is 13.1. The summed E-state index contributed by atoms with van der Waals surface area (Å²) in [5.74, 6) is 1.49. The average molecular weight is 322 g/mol. The number of amides is 1. The van der Waals surface area contributed by atoms with E-state index < -0.39 is 0 Å². The van der Waals surface area contributed by atoms with Crippen LogP contribution in [0.25, 0.3) is 11.4 Å². The van der Waals surface area contributed by atoms with Crippen LogP contribution in [0.4, 0.5) is 5.69 Å². The van der Waals surface area contributed by atoms with Crippen molar-refractivity contribution in [3.63, 3.8) is 0 Å². The number of piperidine rings is 1. The molecule has 1 amide bonds. The lowest BCUT2D eigenvalue weighted by Gasteiger charge is -2.22. The molecule has 2 heterocycles. The molecule has 0 saturated carbocycles. The van der Waals surface area contributed by atoms with E-state index in [0.717, 1.165) is 42.9 Å². The zero-order valence-electron chi connectivity index (χ0n) is 12.4. The number of H-pyrrole nitrogens is 1. The van der Waals surface area contributed by atoms with Gasteiger partial charge in [0.2, 0.25) is 5.91 Å². The van der Waals surface area contributed by atoms with E-state index in [9.17, 15) is 4.79 Å². The molecule has 3 rings (SSSR count). The molecule has 1 aromatic carbocycles. The second kappa shape index (κ2) is 7.38.